The highest BCUT2D eigenvalue weighted by Crippen LogP contribution is 2.29. The summed E-state index contributed by atoms with van der Waals surface area (Å²) in [5.41, 5.74) is 5.15. The third-order valence-electron chi connectivity index (χ3n) is 3.27. The van der Waals surface area contributed by atoms with Gasteiger partial charge in [0.05, 0.1) is 10.8 Å². The molecule has 0 heterocycles. The van der Waals surface area contributed by atoms with Crippen LogP contribution in [0.1, 0.15) is 23.2 Å². The first-order chi connectivity index (χ1) is 12.5. The molecule has 2 amide bonds. The van der Waals surface area contributed by atoms with Crippen LogP contribution < -0.4 is 10.9 Å². The second-order valence-corrected chi connectivity index (χ2v) is 7.11. The third-order valence-corrected chi connectivity index (χ3v) is 5.00. The van der Waals surface area contributed by atoms with E-state index in [1.165, 1.54) is 11.8 Å². The number of halogens is 2. The van der Waals surface area contributed by atoms with E-state index < -0.39 is 11.8 Å². The molecule has 0 fully saturated rings. The largest absolute Gasteiger partial charge is 0.294 e. The average Bonchev–Trinajstić information content (AvgIpc) is 2.65. The first-order valence-corrected chi connectivity index (χ1v) is 9.43. The van der Waals surface area contributed by atoms with Crippen LogP contribution in [0.2, 0.25) is 10.0 Å². The van der Waals surface area contributed by atoms with Crippen molar-refractivity contribution in [3.8, 4) is 0 Å². The van der Waals surface area contributed by atoms with Gasteiger partial charge in [0.2, 0.25) is 11.8 Å². The summed E-state index contributed by atoms with van der Waals surface area (Å²) in [6, 6.07) is 13.7. The molecule has 0 saturated heterocycles. The number of carbonyl (C=O) groups excluding carboxylic acids is 3. The van der Waals surface area contributed by atoms with Gasteiger partial charge in [-0.05, 0) is 18.2 Å². The summed E-state index contributed by atoms with van der Waals surface area (Å²) in [7, 11) is 0. The van der Waals surface area contributed by atoms with Crippen molar-refractivity contribution in [2.75, 3.05) is 5.75 Å². The van der Waals surface area contributed by atoms with E-state index in [0.29, 0.717) is 20.5 Å². The van der Waals surface area contributed by atoms with Crippen molar-refractivity contribution in [1.82, 2.24) is 10.9 Å². The standard InChI is InChI=1S/C18H16Cl2N2O3S/c19-13-6-7-14(20)16(10-13)26-11-18(25)22-21-17(24)9-8-15(23)12-4-2-1-3-5-12/h1-7,10H,8-9,11H2,(H,21,24)(H,22,25). The van der Waals surface area contributed by atoms with Gasteiger partial charge in [0.15, 0.2) is 5.78 Å². The molecule has 26 heavy (non-hydrogen) atoms. The number of benzene rings is 2. The summed E-state index contributed by atoms with van der Waals surface area (Å²) in [6.07, 6.45) is 0.0554. The Kier molecular flexibility index (Phi) is 7.97. The smallest absolute Gasteiger partial charge is 0.248 e. The van der Waals surface area contributed by atoms with Gasteiger partial charge in [0.25, 0.3) is 0 Å². The fourth-order valence-corrected chi connectivity index (χ4v) is 3.26. The maximum Gasteiger partial charge on any atom is 0.248 e. The Bertz CT molecular complexity index is 800. The molecule has 0 radical (unpaired) electrons. The molecule has 0 unspecified atom stereocenters. The molecule has 0 aliphatic rings. The molecule has 2 aromatic carbocycles. The van der Waals surface area contributed by atoms with Crippen LogP contribution in [0.4, 0.5) is 0 Å². The topological polar surface area (TPSA) is 75.3 Å². The molecule has 136 valence electrons. The molecule has 0 bridgehead atoms. The zero-order valence-electron chi connectivity index (χ0n) is 13.6. The van der Waals surface area contributed by atoms with Crippen molar-refractivity contribution in [3.05, 3.63) is 64.1 Å². The van der Waals surface area contributed by atoms with Gasteiger partial charge in [-0.1, -0.05) is 53.5 Å². The zero-order valence-corrected chi connectivity index (χ0v) is 16.0. The summed E-state index contributed by atoms with van der Waals surface area (Å²) >= 11 is 13.1. The van der Waals surface area contributed by atoms with Crippen molar-refractivity contribution >= 4 is 52.6 Å². The third kappa shape index (κ3) is 6.71. The van der Waals surface area contributed by atoms with Gasteiger partial charge in [-0.2, -0.15) is 0 Å². The summed E-state index contributed by atoms with van der Waals surface area (Å²) in [4.78, 5) is 36.1. The van der Waals surface area contributed by atoms with Crippen LogP contribution in [0.15, 0.2) is 53.4 Å². The Hall–Kier alpha value is -2.02. The Morgan fingerprint density at radius 1 is 0.885 bits per heavy atom. The van der Waals surface area contributed by atoms with Crippen LogP contribution >= 0.6 is 35.0 Å². The summed E-state index contributed by atoms with van der Waals surface area (Å²) < 4.78 is 0. The average molecular weight is 411 g/mol. The molecular formula is C18H16Cl2N2O3S. The Labute approximate surface area is 165 Å². The molecule has 0 aliphatic carbocycles. The van der Waals surface area contributed by atoms with Crippen LogP contribution in [0.25, 0.3) is 0 Å². The molecule has 0 aromatic heterocycles. The fourth-order valence-electron chi connectivity index (χ4n) is 1.96. The van der Waals surface area contributed by atoms with E-state index in [4.69, 9.17) is 23.2 Å². The maximum atomic E-state index is 11.9. The minimum absolute atomic E-state index is 0.0126. The lowest BCUT2D eigenvalue weighted by Gasteiger charge is -2.08. The molecule has 2 aromatic rings. The molecule has 0 spiro atoms. The van der Waals surface area contributed by atoms with Crippen molar-refractivity contribution in [3.63, 3.8) is 0 Å². The number of carbonyl (C=O) groups is 3. The predicted octanol–water partition coefficient (Wildman–Crippen LogP) is 3.90. The predicted molar refractivity (Wildman–Crippen MR) is 103 cm³/mol. The highest BCUT2D eigenvalue weighted by Gasteiger charge is 2.11. The van der Waals surface area contributed by atoms with E-state index >= 15 is 0 Å². The van der Waals surface area contributed by atoms with E-state index in [2.05, 4.69) is 10.9 Å². The summed E-state index contributed by atoms with van der Waals surface area (Å²) in [5, 5.41) is 1.02. The van der Waals surface area contributed by atoms with E-state index in [-0.39, 0.29) is 24.4 Å². The van der Waals surface area contributed by atoms with Gasteiger partial charge in [0.1, 0.15) is 0 Å². The summed E-state index contributed by atoms with van der Waals surface area (Å²) in [6.45, 7) is 0. The van der Waals surface area contributed by atoms with Crippen LogP contribution in [0.3, 0.4) is 0 Å². The first kappa shape index (κ1) is 20.3. The maximum absolute atomic E-state index is 11.9. The van der Waals surface area contributed by atoms with E-state index in [0.717, 1.165) is 0 Å². The van der Waals surface area contributed by atoms with E-state index in [9.17, 15) is 14.4 Å². The van der Waals surface area contributed by atoms with E-state index in [1.807, 2.05) is 6.07 Å². The molecule has 0 atom stereocenters. The Balaban J connectivity index is 1.69. The van der Waals surface area contributed by atoms with Crippen LogP contribution in [0.5, 0.6) is 0 Å². The van der Waals surface area contributed by atoms with Crippen LogP contribution in [-0.4, -0.2) is 23.4 Å². The highest BCUT2D eigenvalue weighted by atomic mass is 35.5. The fraction of sp³-hybridized carbons (Fsp3) is 0.167. The number of hydrogen-bond acceptors (Lipinski definition) is 4. The van der Waals surface area contributed by atoms with Crippen LogP contribution in [0, 0.1) is 0 Å². The van der Waals surface area contributed by atoms with E-state index in [1.54, 1.807) is 42.5 Å². The van der Waals surface area contributed by atoms with Crippen molar-refractivity contribution in [2.24, 2.45) is 0 Å². The number of Topliss-reactive ketones (excluding diaryl/α,β-unsaturated/α-hetero) is 1. The molecular weight excluding hydrogens is 395 g/mol. The van der Waals surface area contributed by atoms with Gasteiger partial charge < -0.3 is 0 Å². The number of hydrazine groups is 1. The van der Waals surface area contributed by atoms with Gasteiger partial charge in [-0.25, -0.2) is 0 Å². The Morgan fingerprint density at radius 2 is 1.58 bits per heavy atom. The number of thioether (sulfide) groups is 1. The Morgan fingerprint density at radius 3 is 2.31 bits per heavy atom. The molecule has 2 rings (SSSR count). The normalized spacial score (nSPS) is 10.2. The molecule has 0 aliphatic heterocycles. The van der Waals surface area contributed by atoms with Crippen LogP contribution in [-0.2, 0) is 9.59 Å². The molecule has 5 nitrogen and oxygen atoms in total. The van der Waals surface area contributed by atoms with Crippen molar-refractivity contribution < 1.29 is 14.4 Å². The van der Waals surface area contributed by atoms with Crippen molar-refractivity contribution in [1.29, 1.82) is 0 Å². The quantitative estimate of drug-likeness (QED) is 0.412. The molecule has 8 heteroatoms. The number of ketones is 1. The second-order valence-electron chi connectivity index (χ2n) is 5.25. The van der Waals surface area contributed by atoms with Gasteiger partial charge >= 0.3 is 0 Å². The number of rotatable bonds is 7. The second kappa shape index (κ2) is 10.2. The summed E-state index contributed by atoms with van der Waals surface area (Å²) in [5.74, 6) is -0.899. The zero-order chi connectivity index (χ0) is 18.9. The van der Waals surface area contributed by atoms with Crippen molar-refractivity contribution in [2.45, 2.75) is 17.7 Å². The SMILES string of the molecule is O=C(CCC(=O)c1ccccc1)NNC(=O)CSc1cc(Cl)ccc1Cl. The lowest BCUT2D eigenvalue weighted by molar-refractivity contribution is -0.127. The monoisotopic (exact) mass is 410 g/mol. The lowest BCUT2D eigenvalue weighted by atomic mass is 10.1. The highest BCUT2D eigenvalue weighted by molar-refractivity contribution is 8.00. The molecule has 0 saturated carbocycles. The van der Waals surface area contributed by atoms with Gasteiger partial charge in [-0.15, -0.1) is 11.8 Å². The number of amides is 2. The van der Waals surface area contributed by atoms with Gasteiger partial charge in [-0.3, -0.25) is 25.2 Å². The minimum atomic E-state index is -0.437. The minimum Gasteiger partial charge on any atom is -0.294 e. The number of nitrogens with one attached hydrogen (secondary N) is 2. The first-order valence-electron chi connectivity index (χ1n) is 7.69. The number of hydrogen-bond donors (Lipinski definition) is 2. The van der Waals surface area contributed by atoms with Gasteiger partial charge in [0, 0.05) is 28.3 Å². The molecule has 2 N–H and O–H groups in total. The lowest BCUT2D eigenvalue weighted by Crippen LogP contribution is -2.42.